The SMILES string of the molecule is CCCC1CCC(c2ccc(C3=CCc4c(F)cccc4C3)c(F)c2)CC1. The van der Waals surface area contributed by atoms with E-state index in [0.717, 1.165) is 28.2 Å². The molecule has 0 unspecified atom stereocenters. The van der Waals surface area contributed by atoms with Gasteiger partial charge in [0.25, 0.3) is 0 Å². The van der Waals surface area contributed by atoms with Gasteiger partial charge >= 0.3 is 0 Å². The number of hydrogen-bond donors (Lipinski definition) is 0. The number of halogens is 2. The van der Waals surface area contributed by atoms with Gasteiger partial charge in [0.05, 0.1) is 0 Å². The van der Waals surface area contributed by atoms with E-state index in [4.69, 9.17) is 0 Å². The second-order valence-electron chi connectivity index (χ2n) is 8.23. The van der Waals surface area contributed by atoms with Crippen molar-refractivity contribution in [1.29, 1.82) is 0 Å². The third-order valence-electron chi connectivity index (χ3n) is 6.50. The monoisotopic (exact) mass is 366 g/mol. The minimum Gasteiger partial charge on any atom is -0.207 e. The lowest BCUT2D eigenvalue weighted by Gasteiger charge is -2.29. The van der Waals surface area contributed by atoms with Crippen molar-refractivity contribution in [2.24, 2.45) is 5.92 Å². The van der Waals surface area contributed by atoms with E-state index in [9.17, 15) is 8.78 Å². The minimum absolute atomic E-state index is 0.130. The molecular weight excluding hydrogens is 338 g/mol. The fraction of sp³-hybridized carbons (Fsp3) is 0.440. The molecule has 27 heavy (non-hydrogen) atoms. The normalized spacial score (nSPS) is 22.3. The molecule has 0 spiro atoms. The van der Waals surface area contributed by atoms with E-state index < -0.39 is 0 Å². The summed E-state index contributed by atoms with van der Waals surface area (Å²) < 4.78 is 28.8. The maximum Gasteiger partial charge on any atom is 0.130 e. The predicted molar refractivity (Wildman–Crippen MR) is 108 cm³/mol. The standard InChI is InChI=1S/C25H28F2/c1-2-4-17-7-9-18(10-8-17)19-11-13-23(25(27)16-19)21-12-14-22-20(15-21)5-3-6-24(22)26/h3,5-6,11-13,16-18H,2,4,7-10,14-15H2,1H3. The quantitative estimate of drug-likeness (QED) is 0.536. The van der Waals surface area contributed by atoms with Crippen molar-refractivity contribution < 1.29 is 8.78 Å². The maximum atomic E-state index is 14.9. The molecule has 2 aliphatic carbocycles. The highest BCUT2D eigenvalue weighted by molar-refractivity contribution is 5.71. The number of fused-ring (bicyclic) bond motifs is 1. The Bertz CT molecular complexity index is 841. The van der Waals surface area contributed by atoms with E-state index in [-0.39, 0.29) is 11.6 Å². The molecular formula is C25H28F2. The van der Waals surface area contributed by atoms with E-state index in [1.807, 2.05) is 18.2 Å². The van der Waals surface area contributed by atoms with Crippen LogP contribution in [0.5, 0.6) is 0 Å². The van der Waals surface area contributed by atoms with E-state index in [1.165, 1.54) is 44.6 Å². The maximum absolute atomic E-state index is 14.9. The van der Waals surface area contributed by atoms with Crippen LogP contribution in [0.2, 0.25) is 0 Å². The zero-order chi connectivity index (χ0) is 18.8. The molecule has 0 radical (unpaired) electrons. The van der Waals surface area contributed by atoms with Crippen LogP contribution < -0.4 is 0 Å². The Morgan fingerprint density at radius 2 is 1.78 bits per heavy atom. The van der Waals surface area contributed by atoms with Gasteiger partial charge in [-0.05, 0) is 84.8 Å². The van der Waals surface area contributed by atoms with E-state index in [0.29, 0.717) is 24.3 Å². The van der Waals surface area contributed by atoms with Gasteiger partial charge in [-0.3, -0.25) is 0 Å². The number of rotatable bonds is 4. The summed E-state index contributed by atoms with van der Waals surface area (Å²) in [5.41, 5.74) is 4.53. The van der Waals surface area contributed by atoms with E-state index in [1.54, 1.807) is 12.1 Å². The van der Waals surface area contributed by atoms with Crippen molar-refractivity contribution in [2.75, 3.05) is 0 Å². The molecule has 4 rings (SSSR count). The van der Waals surface area contributed by atoms with Crippen LogP contribution in [0.3, 0.4) is 0 Å². The Kier molecular flexibility index (Phi) is 5.43. The second kappa shape index (κ2) is 7.96. The smallest absolute Gasteiger partial charge is 0.130 e. The highest BCUT2D eigenvalue weighted by Crippen LogP contribution is 2.39. The Hall–Kier alpha value is -1.96. The van der Waals surface area contributed by atoms with E-state index in [2.05, 4.69) is 13.0 Å². The molecule has 2 aromatic carbocycles. The Morgan fingerprint density at radius 1 is 0.963 bits per heavy atom. The van der Waals surface area contributed by atoms with Gasteiger partial charge in [-0.2, -0.15) is 0 Å². The van der Waals surface area contributed by atoms with Crippen LogP contribution in [0, 0.1) is 17.6 Å². The van der Waals surface area contributed by atoms with Gasteiger partial charge in [0, 0.05) is 5.56 Å². The van der Waals surface area contributed by atoms with Crippen molar-refractivity contribution >= 4 is 5.57 Å². The number of allylic oxidation sites excluding steroid dienone is 2. The van der Waals surface area contributed by atoms with Crippen LogP contribution in [0.1, 0.15) is 73.6 Å². The van der Waals surface area contributed by atoms with Gasteiger partial charge in [-0.25, -0.2) is 8.78 Å². The van der Waals surface area contributed by atoms with Crippen molar-refractivity contribution in [1.82, 2.24) is 0 Å². The first-order valence-electron chi connectivity index (χ1n) is 10.4. The first-order chi connectivity index (χ1) is 13.2. The molecule has 0 bridgehead atoms. The van der Waals surface area contributed by atoms with Gasteiger partial charge in [-0.1, -0.05) is 50.1 Å². The third kappa shape index (κ3) is 3.85. The van der Waals surface area contributed by atoms with Gasteiger partial charge in [-0.15, -0.1) is 0 Å². The minimum atomic E-state index is -0.155. The molecule has 0 atom stereocenters. The zero-order valence-corrected chi connectivity index (χ0v) is 16.1. The van der Waals surface area contributed by atoms with E-state index >= 15 is 0 Å². The first kappa shape index (κ1) is 18.4. The lowest BCUT2D eigenvalue weighted by Crippen LogP contribution is -2.13. The molecule has 2 aromatic rings. The largest absolute Gasteiger partial charge is 0.207 e. The van der Waals surface area contributed by atoms with Crippen molar-refractivity contribution in [3.63, 3.8) is 0 Å². The van der Waals surface area contributed by atoms with Gasteiger partial charge in [0.1, 0.15) is 11.6 Å². The summed E-state index contributed by atoms with van der Waals surface area (Å²) in [5.74, 6) is 1.08. The van der Waals surface area contributed by atoms with Gasteiger partial charge in [0.2, 0.25) is 0 Å². The third-order valence-corrected chi connectivity index (χ3v) is 6.50. The molecule has 1 saturated carbocycles. The number of hydrogen-bond acceptors (Lipinski definition) is 0. The zero-order valence-electron chi connectivity index (χ0n) is 16.1. The lowest BCUT2D eigenvalue weighted by molar-refractivity contribution is 0.308. The van der Waals surface area contributed by atoms with Gasteiger partial charge in [0.15, 0.2) is 0 Å². The summed E-state index contributed by atoms with van der Waals surface area (Å²) in [6, 6.07) is 11.0. The first-order valence-corrected chi connectivity index (χ1v) is 10.4. The average molecular weight is 366 g/mol. The average Bonchev–Trinajstić information content (AvgIpc) is 2.69. The summed E-state index contributed by atoms with van der Waals surface area (Å²) in [4.78, 5) is 0. The summed E-state index contributed by atoms with van der Waals surface area (Å²) in [5, 5.41) is 0. The van der Waals surface area contributed by atoms with Crippen LogP contribution in [0.4, 0.5) is 8.78 Å². The molecule has 0 heterocycles. The topological polar surface area (TPSA) is 0 Å². The second-order valence-corrected chi connectivity index (χ2v) is 8.23. The Balaban J connectivity index is 1.49. The highest BCUT2D eigenvalue weighted by atomic mass is 19.1. The predicted octanol–water partition coefficient (Wildman–Crippen LogP) is 7.22. The molecule has 0 N–H and O–H groups in total. The van der Waals surface area contributed by atoms with Gasteiger partial charge < -0.3 is 0 Å². The molecule has 0 nitrogen and oxygen atoms in total. The van der Waals surface area contributed by atoms with Crippen LogP contribution in [-0.2, 0) is 12.8 Å². The van der Waals surface area contributed by atoms with Crippen LogP contribution in [-0.4, -0.2) is 0 Å². The molecule has 0 amide bonds. The fourth-order valence-electron chi connectivity index (χ4n) is 4.94. The Labute approximate surface area is 161 Å². The molecule has 142 valence electrons. The Morgan fingerprint density at radius 3 is 2.52 bits per heavy atom. The van der Waals surface area contributed by atoms with Crippen LogP contribution >= 0.6 is 0 Å². The van der Waals surface area contributed by atoms with Crippen molar-refractivity contribution in [3.05, 3.63) is 76.4 Å². The highest BCUT2D eigenvalue weighted by Gasteiger charge is 2.23. The molecule has 2 aliphatic rings. The summed E-state index contributed by atoms with van der Waals surface area (Å²) >= 11 is 0. The summed E-state index contributed by atoms with van der Waals surface area (Å²) in [7, 11) is 0. The molecule has 0 saturated heterocycles. The molecule has 0 aliphatic heterocycles. The number of benzene rings is 2. The summed E-state index contributed by atoms with van der Waals surface area (Å²) in [6.45, 7) is 2.26. The molecule has 0 aromatic heterocycles. The van der Waals surface area contributed by atoms with Crippen LogP contribution in [0.15, 0.2) is 42.5 Å². The fourth-order valence-corrected chi connectivity index (χ4v) is 4.94. The van der Waals surface area contributed by atoms with Crippen molar-refractivity contribution in [3.8, 4) is 0 Å². The lowest BCUT2D eigenvalue weighted by atomic mass is 9.77. The van der Waals surface area contributed by atoms with Crippen LogP contribution in [0.25, 0.3) is 5.57 Å². The summed E-state index contributed by atoms with van der Waals surface area (Å²) in [6.07, 6.45) is 10.6. The van der Waals surface area contributed by atoms with Crippen molar-refractivity contribution in [2.45, 2.75) is 64.2 Å². The molecule has 1 fully saturated rings. The molecule has 2 heteroatoms.